The SMILES string of the molecule is CC[C@@]1(C(F)F)O[C@@H](n2cc(Cl)c(N)nc2=O)[C@H](OC(C)=O)[C@@H]1C. The molecule has 0 aromatic carbocycles. The van der Waals surface area contributed by atoms with Gasteiger partial charge >= 0.3 is 11.7 Å². The van der Waals surface area contributed by atoms with Crippen molar-refractivity contribution in [3.05, 3.63) is 21.7 Å². The Morgan fingerprint density at radius 1 is 1.62 bits per heavy atom. The Kier molecular flexibility index (Phi) is 5.14. The average molecular weight is 366 g/mol. The lowest BCUT2D eigenvalue weighted by molar-refractivity contribution is -0.169. The van der Waals surface area contributed by atoms with Crippen LogP contribution in [0.2, 0.25) is 5.02 Å². The number of rotatable bonds is 4. The third kappa shape index (κ3) is 2.98. The van der Waals surface area contributed by atoms with E-state index in [1.54, 1.807) is 0 Å². The van der Waals surface area contributed by atoms with Gasteiger partial charge in [-0.3, -0.25) is 9.36 Å². The van der Waals surface area contributed by atoms with Crippen LogP contribution in [0.3, 0.4) is 0 Å². The van der Waals surface area contributed by atoms with Gasteiger partial charge < -0.3 is 15.2 Å². The fourth-order valence-corrected chi connectivity index (χ4v) is 3.09. The van der Waals surface area contributed by atoms with Gasteiger partial charge in [-0.25, -0.2) is 13.6 Å². The number of hydrogen-bond acceptors (Lipinski definition) is 6. The van der Waals surface area contributed by atoms with Gasteiger partial charge in [0, 0.05) is 19.0 Å². The molecule has 4 atom stereocenters. The molecular formula is C14H18ClF2N3O4. The number of nitrogen functional groups attached to an aromatic ring is 1. The molecule has 1 saturated heterocycles. The summed E-state index contributed by atoms with van der Waals surface area (Å²) in [6.45, 7) is 4.17. The minimum atomic E-state index is -2.84. The van der Waals surface area contributed by atoms with Crippen molar-refractivity contribution in [2.75, 3.05) is 5.73 Å². The summed E-state index contributed by atoms with van der Waals surface area (Å²) in [7, 11) is 0. The summed E-state index contributed by atoms with van der Waals surface area (Å²) in [6, 6.07) is 0. The predicted octanol–water partition coefficient (Wildman–Crippen LogP) is 1.99. The number of nitrogens with zero attached hydrogens (tertiary/aromatic N) is 2. The largest absolute Gasteiger partial charge is 0.457 e. The van der Waals surface area contributed by atoms with Crippen molar-refractivity contribution in [3.8, 4) is 0 Å². The van der Waals surface area contributed by atoms with Crippen LogP contribution in [0.1, 0.15) is 33.4 Å². The van der Waals surface area contributed by atoms with Crippen molar-refractivity contribution < 1.29 is 23.0 Å². The van der Waals surface area contributed by atoms with Gasteiger partial charge in [0.15, 0.2) is 12.3 Å². The van der Waals surface area contributed by atoms with Crippen LogP contribution < -0.4 is 11.4 Å². The normalized spacial score (nSPS) is 29.9. The third-order valence-corrected chi connectivity index (χ3v) is 4.61. The molecule has 0 unspecified atom stereocenters. The molecular weight excluding hydrogens is 348 g/mol. The molecule has 0 amide bonds. The lowest BCUT2D eigenvalue weighted by Gasteiger charge is -2.30. The molecule has 2 N–H and O–H groups in total. The molecule has 24 heavy (non-hydrogen) atoms. The van der Waals surface area contributed by atoms with Crippen LogP contribution in [0.25, 0.3) is 0 Å². The Hall–Kier alpha value is -1.74. The van der Waals surface area contributed by atoms with Gasteiger partial charge in [-0.1, -0.05) is 25.4 Å². The first-order valence-electron chi connectivity index (χ1n) is 7.31. The van der Waals surface area contributed by atoms with E-state index in [1.165, 1.54) is 13.8 Å². The summed E-state index contributed by atoms with van der Waals surface area (Å²) >= 11 is 5.86. The summed E-state index contributed by atoms with van der Waals surface area (Å²) in [5.41, 5.74) is 2.75. The van der Waals surface area contributed by atoms with Crippen molar-refractivity contribution in [1.29, 1.82) is 0 Å². The van der Waals surface area contributed by atoms with Crippen LogP contribution in [0.4, 0.5) is 14.6 Å². The van der Waals surface area contributed by atoms with E-state index in [0.717, 1.165) is 17.7 Å². The lowest BCUT2D eigenvalue weighted by atomic mass is 9.85. The summed E-state index contributed by atoms with van der Waals surface area (Å²) in [5, 5.41) is -0.0431. The Bertz CT molecular complexity index is 699. The molecule has 0 radical (unpaired) electrons. The van der Waals surface area contributed by atoms with Crippen molar-refractivity contribution in [1.82, 2.24) is 9.55 Å². The second-order valence-corrected chi connectivity index (χ2v) is 6.05. The molecule has 2 rings (SSSR count). The van der Waals surface area contributed by atoms with E-state index in [1.807, 2.05) is 0 Å². The fraction of sp³-hybridized carbons (Fsp3) is 0.643. The van der Waals surface area contributed by atoms with Gasteiger partial charge in [-0.05, 0) is 6.42 Å². The van der Waals surface area contributed by atoms with Crippen LogP contribution in [-0.2, 0) is 14.3 Å². The minimum absolute atomic E-state index is 0.0367. The molecule has 1 fully saturated rings. The topological polar surface area (TPSA) is 96.4 Å². The Morgan fingerprint density at radius 2 is 2.25 bits per heavy atom. The molecule has 1 aromatic rings. The second kappa shape index (κ2) is 6.64. The molecule has 1 aromatic heterocycles. The maximum atomic E-state index is 13.7. The molecule has 0 spiro atoms. The smallest absolute Gasteiger partial charge is 0.351 e. The lowest BCUT2D eigenvalue weighted by Crippen LogP contribution is -2.43. The molecule has 0 aliphatic carbocycles. The maximum absolute atomic E-state index is 13.7. The van der Waals surface area contributed by atoms with Crippen LogP contribution in [-0.4, -0.2) is 33.7 Å². The first-order valence-corrected chi connectivity index (χ1v) is 7.69. The number of hydrogen-bond donors (Lipinski definition) is 1. The van der Waals surface area contributed by atoms with Gasteiger partial charge in [0.05, 0.1) is 5.02 Å². The number of ether oxygens (including phenoxy) is 2. The van der Waals surface area contributed by atoms with E-state index in [4.69, 9.17) is 26.8 Å². The number of nitrogens with two attached hydrogens (primary N) is 1. The highest BCUT2D eigenvalue weighted by atomic mass is 35.5. The van der Waals surface area contributed by atoms with Crippen LogP contribution in [0.15, 0.2) is 11.0 Å². The molecule has 7 nitrogen and oxygen atoms in total. The van der Waals surface area contributed by atoms with E-state index >= 15 is 0 Å². The van der Waals surface area contributed by atoms with Gasteiger partial charge in [0.1, 0.15) is 11.4 Å². The molecule has 2 heterocycles. The molecule has 0 bridgehead atoms. The predicted molar refractivity (Wildman–Crippen MR) is 81.8 cm³/mol. The fourth-order valence-electron chi connectivity index (χ4n) is 2.94. The number of carbonyl (C=O) groups excluding carboxylic acids is 1. The summed E-state index contributed by atoms with van der Waals surface area (Å²) < 4.78 is 39.0. The third-order valence-electron chi connectivity index (χ3n) is 4.32. The number of aromatic nitrogens is 2. The monoisotopic (exact) mass is 365 g/mol. The van der Waals surface area contributed by atoms with Crippen molar-refractivity contribution in [2.24, 2.45) is 5.92 Å². The van der Waals surface area contributed by atoms with E-state index in [2.05, 4.69) is 4.98 Å². The zero-order valence-electron chi connectivity index (χ0n) is 13.3. The second-order valence-electron chi connectivity index (χ2n) is 5.64. The van der Waals surface area contributed by atoms with Crippen LogP contribution >= 0.6 is 11.6 Å². The molecule has 134 valence electrons. The highest BCUT2D eigenvalue weighted by molar-refractivity contribution is 6.32. The standard InChI is InChI=1S/C14H18ClF2N3O4/c1-4-14(12(16)17)6(2)9(23-7(3)21)11(24-14)20-5-8(15)10(18)19-13(20)22/h5-6,9,11-12H,4H2,1-3H3,(H2,18,19,22)/t6-,9+,11+,14+/m0/s1. The van der Waals surface area contributed by atoms with Gasteiger partial charge in [-0.2, -0.15) is 4.98 Å². The van der Waals surface area contributed by atoms with Crippen molar-refractivity contribution >= 4 is 23.4 Å². The summed E-state index contributed by atoms with van der Waals surface area (Å²) in [4.78, 5) is 27.0. The van der Waals surface area contributed by atoms with E-state index in [-0.39, 0.29) is 17.3 Å². The van der Waals surface area contributed by atoms with Gasteiger partial charge in [-0.15, -0.1) is 0 Å². The molecule has 10 heteroatoms. The maximum Gasteiger partial charge on any atom is 0.351 e. The number of anilines is 1. The minimum Gasteiger partial charge on any atom is -0.457 e. The van der Waals surface area contributed by atoms with Crippen LogP contribution in [0, 0.1) is 5.92 Å². The first kappa shape index (κ1) is 18.6. The zero-order valence-corrected chi connectivity index (χ0v) is 14.1. The number of carbonyl (C=O) groups is 1. The average Bonchev–Trinajstić information content (AvgIpc) is 2.76. The van der Waals surface area contributed by atoms with E-state index in [9.17, 15) is 18.4 Å². The summed E-state index contributed by atoms with van der Waals surface area (Å²) in [5.74, 6) is -1.73. The van der Waals surface area contributed by atoms with Gasteiger partial charge in [0.25, 0.3) is 6.43 Å². The number of halogens is 3. The highest BCUT2D eigenvalue weighted by Crippen LogP contribution is 2.48. The first-order chi connectivity index (χ1) is 11.1. The van der Waals surface area contributed by atoms with Crippen molar-refractivity contribution in [3.63, 3.8) is 0 Å². The van der Waals surface area contributed by atoms with E-state index < -0.39 is 41.9 Å². The van der Waals surface area contributed by atoms with Crippen molar-refractivity contribution in [2.45, 2.75) is 51.6 Å². The van der Waals surface area contributed by atoms with E-state index in [0.29, 0.717) is 0 Å². The zero-order chi connectivity index (χ0) is 18.2. The molecule has 1 aliphatic heterocycles. The Labute approximate surface area is 141 Å². The Morgan fingerprint density at radius 3 is 2.75 bits per heavy atom. The van der Waals surface area contributed by atoms with Crippen LogP contribution in [0.5, 0.6) is 0 Å². The van der Waals surface area contributed by atoms with Gasteiger partial charge in [0.2, 0.25) is 0 Å². The highest BCUT2D eigenvalue weighted by Gasteiger charge is 2.59. The number of alkyl halides is 2. The molecule has 1 aliphatic rings. The number of esters is 1. The molecule has 0 saturated carbocycles. The summed E-state index contributed by atoms with van der Waals surface area (Å²) in [6.07, 6.45) is -4.12. The quantitative estimate of drug-likeness (QED) is 0.820. The Balaban J connectivity index is 2.56.